The van der Waals surface area contributed by atoms with E-state index in [4.69, 9.17) is 21.6 Å². The van der Waals surface area contributed by atoms with Crippen LogP contribution in [-0.2, 0) is 6.54 Å². The van der Waals surface area contributed by atoms with Gasteiger partial charge in [0, 0.05) is 17.6 Å². The minimum atomic E-state index is 0.505. The first-order chi connectivity index (χ1) is 7.51. The lowest BCUT2D eigenvalue weighted by molar-refractivity contribution is 0.393. The van der Waals surface area contributed by atoms with Gasteiger partial charge in [0.1, 0.15) is 5.75 Å². The molecule has 3 nitrogen and oxygen atoms in total. The molecule has 16 heavy (non-hydrogen) atoms. The third-order valence-electron chi connectivity index (χ3n) is 2.56. The monoisotopic (exact) mass is 238 g/mol. The predicted octanol–water partition coefficient (Wildman–Crippen LogP) is 2.88. The SMILES string of the molecule is COc1cc(C)c(Cl)c(C)c1CN(C)C#N. The average Bonchev–Trinajstić information content (AvgIpc) is 2.29. The molecule has 1 aromatic carbocycles. The van der Waals surface area contributed by atoms with Crippen molar-refractivity contribution >= 4 is 11.6 Å². The molecule has 0 bridgehead atoms. The van der Waals surface area contributed by atoms with Gasteiger partial charge in [-0.3, -0.25) is 0 Å². The highest BCUT2D eigenvalue weighted by molar-refractivity contribution is 6.32. The summed E-state index contributed by atoms with van der Waals surface area (Å²) in [5.41, 5.74) is 2.92. The Kier molecular flexibility index (Phi) is 4.03. The molecule has 0 unspecified atom stereocenters. The molecule has 0 atom stereocenters. The molecule has 86 valence electrons. The quantitative estimate of drug-likeness (QED) is 0.600. The van der Waals surface area contributed by atoms with Crippen molar-refractivity contribution < 1.29 is 4.74 Å². The van der Waals surface area contributed by atoms with Crippen LogP contribution in [0.4, 0.5) is 0 Å². The zero-order valence-corrected chi connectivity index (χ0v) is 10.7. The molecule has 1 aromatic rings. The predicted molar refractivity (Wildman–Crippen MR) is 64.6 cm³/mol. The van der Waals surface area contributed by atoms with Crippen LogP contribution in [0.15, 0.2) is 6.07 Å². The molecule has 0 spiro atoms. The van der Waals surface area contributed by atoms with Crippen LogP contribution in [0, 0.1) is 25.3 Å². The summed E-state index contributed by atoms with van der Waals surface area (Å²) in [6.45, 7) is 4.39. The molecule has 0 saturated carbocycles. The summed E-state index contributed by atoms with van der Waals surface area (Å²) in [7, 11) is 3.35. The van der Waals surface area contributed by atoms with Gasteiger partial charge in [-0.15, -0.1) is 0 Å². The molecule has 0 N–H and O–H groups in total. The van der Waals surface area contributed by atoms with Gasteiger partial charge in [0.2, 0.25) is 0 Å². The van der Waals surface area contributed by atoms with Crippen molar-refractivity contribution in [1.82, 2.24) is 4.90 Å². The Hall–Kier alpha value is -1.40. The van der Waals surface area contributed by atoms with Crippen LogP contribution in [-0.4, -0.2) is 19.1 Å². The Morgan fingerprint density at radius 3 is 2.62 bits per heavy atom. The molecule has 0 aliphatic rings. The normalized spacial score (nSPS) is 9.75. The van der Waals surface area contributed by atoms with Crippen LogP contribution in [0.25, 0.3) is 0 Å². The van der Waals surface area contributed by atoms with Crippen LogP contribution in [0.2, 0.25) is 5.02 Å². The van der Waals surface area contributed by atoms with Crippen LogP contribution >= 0.6 is 11.6 Å². The number of methoxy groups -OCH3 is 1. The molecule has 1 rings (SSSR count). The molecule has 0 aliphatic heterocycles. The van der Waals surface area contributed by atoms with Gasteiger partial charge in [-0.1, -0.05) is 11.6 Å². The first kappa shape index (κ1) is 12.7. The number of nitriles is 1. The smallest absolute Gasteiger partial charge is 0.179 e. The molecular formula is C12H15ClN2O. The third-order valence-corrected chi connectivity index (χ3v) is 3.14. The van der Waals surface area contributed by atoms with Crippen LogP contribution < -0.4 is 4.74 Å². The minimum absolute atomic E-state index is 0.505. The van der Waals surface area contributed by atoms with E-state index in [1.54, 1.807) is 14.2 Å². The van der Waals surface area contributed by atoms with E-state index in [2.05, 4.69) is 6.19 Å². The molecule has 0 heterocycles. The number of rotatable bonds is 3. The maximum Gasteiger partial charge on any atom is 0.179 e. The van der Waals surface area contributed by atoms with Crippen LogP contribution in [0.5, 0.6) is 5.75 Å². The fourth-order valence-corrected chi connectivity index (χ4v) is 1.78. The van der Waals surface area contributed by atoms with E-state index in [1.165, 1.54) is 4.90 Å². The molecule has 0 amide bonds. The zero-order chi connectivity index (χ0) is 12.3. The number of ether oxygens (including phenoxy) is 1. The molecule has 4 heteroatoms. The number of benzene rings is 1. The summed E-state index contributed by atoms with van der Waals surface area (Å²) >= 11 is 6.18. The van der Waals surface area contributed by atoms with E-state index >= 15 is 0 Å². The van der Waals surface area contributed by atoms with Gasteiger partial charge in [-0.05, 0) is 31.0 Å². The fraction of sp³-hybridized carbons (Fsp3) is 0.417. The van der Waals surface area contributed by atoms with Crippen molar-refractivity contribution in [2.24, 2.45) is 0 Å². The zero-order valence-electron chi connectivity index (χ0n) is 9.97. The van der Waals surface area contributed by atoms with E-state index in [9.17, 15) is 0 Å². The van der Waals surface area contributed by atoms with Gasteiger partial charge in [0.05, 0.1) is 13.7 Å². The van der Waals surface area contributed by atoms with Gasteiger partial charge in [-0.2, -0.15) is 5.26 Å². The lowest BCUT2D eigenvalue weighted by atomic mass is 10.0. The number of aryl methyl sites for hydroxylation is 1. The second kappa shape index (κ2) is 5.09. The maximum atomic E-state index is 8.78. The Morgan fingerprint density at radius 1 is 1.50 bits per heavy atom. The van der Waals surface area contributed by atoms with Gasteiger partial charge in [0.25, 0.3) is 0 Å². The highest BCUT2D eigenvalue weighted by atomic mass is 35.5. The highest BCUT2D eigenvalue weighted by Gasteiger charge is 2.13. The largest absolute Gasteiger partial charge is 0.496 e. The lowest BCUT2D eigenvalue weighted by Crippen LogP contribution is -2.12. The summed E-state index contributed by atoms with van der Waals surface area (Å²) in [4.78, 5) is 1.54. The summed E-state index contributed by atoms with van der Waals surface area (Å²) < 4.78 is 5.31. The molecule has 0 saturated heterocycles. The molecule has 0 radical (unpaired) electrons. The molecule has 0 fully saturated rings. The molecular weight excluding hydrogens is 224 g/mol. The van der Waals surface area contributed by atoms with E-state index in [0.717, 1.165) is 27.5 Å². The fourth-order valence-electron chi connectivity index (χ4n) is 1.61. The summed E-state index contributed by atoms with van der Waals surface area (Å²) in [5.74, 6) is 0.779. The van der Waals surface area contributed by atoms with Crippen molar-refractivity contribution in [3.63, 3.8) is 0 Å². The highest BCUT2D eigenvalue weighted by Crippen LogP contribution is 2.32. The number of hydrogen-bond donors (Lipinski definition) is 0. The van der Waals surface area contributed by atoms with Crippen molar-refractivity contribution in [1.29, 1.82) is 5.26 Å². The molecule has 0 aliphatic carbocycles. The van der Waals surface area contributed by atoms with Crippen molar-refractivity contribution in [2.45, 2.75) is 20.4 Å². The first-order valence-corrected chi connectivity index (χ1v) is 5.32. The summed E-state index contributed by atoms with van der Waals surface area (Å²) in [6, 6.07) is 1.90. The van der Waals surface area contributed by atoms with Crippen molar-refractivity contribution in [2.75, 3.05) is 14.2 Å². The van der Waals surface area contributed by atoms with E-state index in [1.807, 2.05) is 19.9 Å². The van der Waals surface area contributed by atoms with Gasteiger partial charge in [0.15, 0.2) is 6.19 Å². The molecule has 0 aromatic heterocycles. The van der Waals surface area contributed by atoms with Crippen LogP contribution in [0.1, 0.15) is 16.7 Å². The summed E-state index contributed by atoms with van der Waals surface area (Å²) in [5, 5.41) is 9.51. The van der Waals surface area contributed by atoms with E-state index < -0.39 is 0 Å². The first-order valence-electron chi connectivity index (χ1n) is 4.94. The van der Waals surface area contributed by atoms with Crippen molar-refractivity contribution in [3.8, 4) is 11.9 Å². The van der Waals surface area contributed by atoms with Gasteiger partial charge >= 0.3 is 0 Å². The van der Waals surface area contributed by atoms with Crippen molar-refractivity contribution in [3.05, 3.63) is 27.8 Å². The Labute approximate surface area is 101 Å². The maximum absolute atomic E-state index is 8.78. The van der Waals surface area contributed by atoms with E-state index in [0.29, 0.717) is 6.54 Å². The number of nitrogens with zero attached hydrogens (tertiary/aromatic N) is 2. The summed E-state index contributed by atoms with van der Waals surface area (Å²) in [6.07, 6.45) is 2.06. The average molecular weight is 239 g/mol. The Bertz CT molecular complexity index is 438. The van der Waals surface area contributed by atoms with Gasteiger partial charge in [-0.25, -0.2) is 0 Å². The number of halogens is 1. The second-order valence-corrected chi connectivity index (χ2v) is 4.15. The third kappa shape index (κ3) is 2.40. The lowest BCUT2D eigenvalue weighted by Gasteiger charge is -2.17. The van der Waals surface area contributed by atoms with Crippen LogP contribution in [0.3, 0.4) is 0 Å². The topological polar surface area (TPSA) is 36.3 Å². The van der Waals surface area contributed by atoms with E-state index in [-0.39, 0.29) is 0 Å². The van der Waals surface area contributed by atoms with Gasteiger partial charge < -0.3 is 9.64 Å². The number of hydrogen-bond acceptors (Lipinski definition) is 3. The second-order valence-electron chi connectivity index (χ2n) is 3.77. The minimum Gasteiger partial charge on any atom is -0.496 e. The standard InChI is InChI=1S/C12H15ClN2O/c1-8-5-11(16-4)10(6-15(3)7-14)9(2)12(8)13/h5H,6H2,1-4H3. The Morgan fingerprint density at radius 2 is 2.12 bits per heavy atom. The Balaban J connectivity index is 3.26.